The third-order valence-electron chi connectivity index (χ3n) is 6.43. The lowest BCUT2D eigenvalue weighted by molar-refractivity contribution is -0.137. The number of hydrogen-bond donors (Lipinski definition) is 1. The summed E-state index contributed by atoms with van der Waals surface area (Å²) < 4.78 is 64.2. The van der Waals surface area contributed by atoms with Crippen LogP contribution < -0.4 is 20.1 Å². The number of hydrogen-bond acceptors (Lipinski definition) is 5. The molecule has 2 atom stereocenters. The quantitative estimate of drug-likeness (QED) is 0.167. The molecule has 0 amide bonds. The number of aryl methyl sites for hydroxylation is 1. The van der Waals surface area contributed by atoms with Crippen LogP contribution in [0.1, 0.15) is 23.1 Å². The lowest BCUT2D eigenvalue weighted by Gasteiger charge is -2.38. The number of nitrogens with two attached hydrogens (primary N) is 1. The molecule has 1 aliphatic heterocycles. The van der Waals surface area contributed by atoms with Gasteiger partial charge in [0.1, 0.15) is 25.2 Å². The zero-order valence-corrected chi connectivity index (χ0v) is 22.4. The summed E-state index contributed by atoms with van der Waals surface area (Å²) in [4.78, 5) is 13.8. The number of aldehydes is 1. The molecule has 1 aliphatic rings. The molecule has 0 spiro atoms. The van der Waals surface area contributed by atoms with Crippen molar-refractivity contribution in [2.45, 2.75) is 31.6 Å². The summed E-state index contributed by atoms with van der Waals surface area (Å²) in [7, 11) is 0. The Kier molecular flexibility index (Phi) is 10.5. The minimum Gasteiger partial charge on any atom is -0.490 e. The molecular formula is C28H28Cl2F4N2O3. The van der Waals surface area contributed by atoms with Gasteiger partial charge < -0.3 is 24.9 Å². The molecule has 4 rings (SSSR count). The SMILES string of the molecule is Cl.NC(C(C=O)Cc1ccc(OCCOc2ccc(Cl)cc2F)cc1)N1CCCc2cc(C(F)(F)F)ccc21. The third kappa shape index (κ3) is 7.77. The molecule has 3 aromatic rings. The van der Waals surface area contributed by atoms with E-state index in [2.05, 4.69) is 0 Å². The fraction of sp³-hybridized carbons (Fsp3) is 0.321. The number of fused-ring (bicyclic) bond motifs is 1. The third-order valence-corrected chi connectivity index (χ3v) is 6.67. The van der Waals surface area contributed by atoms with Gasteiger partial charge in [-0.15, -0.1) is 12.4 Å². The van der Waals surface area contributed by atoms with E-state index in [1.54, 1.807) is 12.1 Å². The summed E-state index contributed by atoms with van der Waals surface area (Å²) >= 11 is 5.72. The first kappa shape index (κ1) is 30.5. The van der Waals surface area contributed by atoms with Crippen LogP contribution in [0.2, 0.25) is 5.02 Å². The highest BCUT2D eigenvalue weighted by molar-refractivity contribution is 6.30. The van der Waals surface area contributed by atoms with E-state index in [0.717, 1.165) is 17.9 Å². The fourth-order valence-electron chi connectivity index (χ4n) is 4.49. The molecule has 0 aliphatic carbocycles. The number of carbonyl (C=O) groups excluding carboxylic acids is 1. The molecule has 11 heteroatoms. The zero-order chi connectivity index (χ0) is 27.3. The Morgan fingerprint density at radius 2 is 1.74 bits per heavy atom. The minimum atomic E-state index is -4.41. The summed E-state index contributed by atoms with van der Waals surface area (Å²) in [5, 5.41) is 0.282. The Balaban J connectivity index is 0.00000420. The maximum Gasteiger partial charge on any atom is 0.416 e. The van der Waals surface area contributed by atoms with Crippen molar-refractivity contribution in [2.24, 2.45) is 11.7 Å². The van der Waals surface area contributed by atoms with Gasteiger partial charge in [0, 0.05) is 17.3 Å². The van der Waals surface area contributed by atoms with Crippen LogP contribution in [-0.4, -0.2) is 32.2 Å². The van der Waals surface area contributed by atoms with Crippen molar-refractivity contribution < 1.29 is 31.8 Å². The van der Waals surface area contributed by atoms with Gasteiger partial charge in [0.05, 0.1) is 17.6 Å². The second-order valence-electron chi connectivity index (χ2n) is 9.05. The molecule has 2 N–H and O–H groups in total. The van der Waals surface area contributed by atoms with E-state index >= 15 is 0 Å². The lowest BCUT2D eigenvalue weighted by atomic mass is 9.93. The van der Waals surface area contributed by atoms with Gasteiger partial charge in [0.2, 0.25) is 0 Å². The van der Waals surface area contributed by atoms with Gasteiger partial charge in [-0.1, -0.05) is 23.7 Å². The number of carbonyl (C=O) groups is 1. The molecule has 0 saturated heterocycles. The Labute approximate surface area is 235 Å². The van der Waals surface area contributed by atoms with Crippen LogP contribution in [0.4, 0.5) is 23.2 Å². The van der Waals surface area contributed by atoms with E-state index < -0.39 is 29.6 Å². The number of benzene rings is 3. The Morgan fingerprint density at radius 1 is 1.03 bits per heavy atom. The smallest absolute Gasteiger partial charge is 0.416 e. The van der Waals surface area contributed by atoms with Crippen LogP contribution >= 0.6 is 24.0 Å². The molecule has 3 aromatic carbocycles. The lowest BCUT2D eigenvalue weighted by Crippen LogP contribution is -2.50. The number of halogens is 6. The average Bonchev–Trinajstić information content (AvgIpc) is 2.90. The van der Waals surface area contributed by atoms with Gasteiger partial charge >= 0.3 is 6.18 Å². The van der Waals surface area contributed by atoms with Crippen LogP contribution in [0, 0.1) is 11.7 Å². The summed E-state index contributed by atoms with van der Waals surface area (Å²) in [5.41, 5.74) is 7.84. The molecule has 0 bridgehead atoms. The van der Waals surface area contributed by atoms with Crippen molar-refractivity contribution in [1.29, 1.82) is 0 Å². The highest BCUT2D eigenvalue weighted by Crippen LogP contribution is 2.36. The first-order valence-corrected chi connectivity index (χ1v) is 12.5. The maximum atomic E-state index is 13.8. The highest BCUT2D eigenvalue weighted by atomic mass is 35.5. The van der Waals surface area contributed by atoms with Crippen molar-refractivity contribution in [1.82, 2.24) is 0 Å². The molecule has 210 valence electrons. The van der Waals surface area contributed by atoms with Crippen molar-refractivity contribution in [3.63, 3.8) is 0 Å². The standard InChI is InChI=1S/C28H27ClF4N2O3.ClH/c29-22-6-10-26(24(30)16-22)38-13-12-37-23-7-3-18(4-8-23)14-20(17-36)27(34)35-11-1-2-19-15-21(28(31,32)33)5-9-25(19)35;/h3-10,15-17,20,27H,1-2,11-14,34H2;1H. The molecule has 2 unspecified atom stereocenters. The van der Waals surface area contributed by atoms with E-state index in [1.807, 2.05) is 17.0 Å². The van der Waals surface area contributed by atoms with E-state index in [0.29, 0.717) is 42.8 Å². The molecule has 0 radical (unpaired) electrons. The predicted octanol–water partition coefficient (Wildman–Crippen LogP) is 6.47. The van der Waals surface area contributed by atoms with E-state index in [9.17, 15) is 22.4 Å². The largest absolute Gasteiger partial charge is 0.490 e. The predicted molar refractivity (Wildman–Crippen MR) is 144 cm³/mol. The van der Waals surface area contributed by atoms with Crippen molar-refractivity contribution >= 4 is 36.0 Å². The van der Waals surface area contributed by atoms with Gasteiger partial charge in [-0.05, 0) is 78.9 Å². The monoisotopic (exact) mass is 586 g/mol. The fourth-order valence-corrected chi connectivity index (χ4v) is 4.65. The second kappa shape index (κ2) is 13.4. The first-order valence-electron chi connectivity index (χ1n) is 12.1. The molecule has 39 heavy (non-hydrogen) atoms. The molecule has 0 fully saturated rings. The van der Waals surface area contributed by atoms with Crippen LogP contribution in [0.3, 0.4) is 0 Å². The van der Waals surface area contributed by atoms with Gasteiger partial charge in [-0.2, -0.15) is 13.2 Å². The van der Waals surface area contributed by atoms with E-state index in [4.69, 9.17) is 26.8 Å². The number of alkyl halides is 3. The van der Waals surface area contributed by atoms with Crippen LogP contribution in [-0.2, 0) is 23.8 Å². The minimum absolute atomic E-state index is 0. The van der Waals surface area contributed by atoms with Crippen LogP contribution in [0.15, 0.2) is 60.7 Å². The van der Waals surface area contributed by atoms with Gasteiger partial charge in [-0.25, -0.2) is 4.39 Å². The zero-order valence-electron chi connectivity index (χ0n) is 20.8. The van der Waals surface area contributed by atoms with Gasteiger partial charge in [0.15, 0.2) is 11.6 Å². The first-order chi connectivity index (χ1) is 18.2. The van der Waals surface area contributed by atoms with Crippen molar-refractivity contribution in [3.8, 4) is 11.5 Å². The highest BCUT2D eigenvalue weighted by Gasteiger charge is 2.33. The number of ether oxygens (including phenoxy) is 2. The molecular weight excluding hydrogens is 559 g/mol. The molecule has 0 saturated carbocycles. The summed E-state index contributed by atoms with van der Waals surface area (Å²) in [6.45, 7) is 0.871. The number of nitrogens with zero attached hydrogens (tertiary/aromatic N) is 1. The van der Waals surface area contributed by atoms with Gasteiger partial charge in [-0.3, -0.25) is 0 Å². The molecule has 1 heterocycles. The van der Waals surface area contributed by atoms with Crippen molar-refractivity contribution in [3.05, 3.63) is 88.2 Å². The van der Waals surface area contributed by atoms with Crippen LogP contribution in [0.25, 0.3) is 0 Å². The summed E-state index contributed by atoms with van der Waals surface area (Å²) in [6.07, 6.45) is -2.78. The Bertz CT molecular complexity index is 1260. The summed E-state index contributed by atoms with van der Waals surface area (Å²) in [6, 6.07) is 14.9. The Hall–Kier alpha value is -3.01. The van der Waals surface area contributed by atoms with Crippen LogP contribution in [0.5, 0.6) is 11.5 Å². The number of rotatable bonds is 10. The van der Waals surface area contributed by atoms with E-state index in [-0.39, 0.29) is 36.4 Å². The van der Waals surface area contributed by atoms with Gasteiger partial charge in [0.25, 0.3) is 0 Å². The summed E-state index contributed by atoms with van der Waals surface area (Å²) in [5.74, 6) is -0.463. The molecule has 5 nitrogen and oxygen atoms in total. The topological polar surface area (TPSA) is 64.8 Å². The van der Waals surface area contributed by atoms with Crippen molar-refractivity contribution in [2.75, 3.05) is 24.7 Å². The second-order valence-corrected chi connectivity index (χ2v) is 9.48. The maximum absolute atomic E-state index is 13.8. The van der Waals surface area contributed by atoms with E-state index in [1.165, 1.54) is 30.3 Å². The normalized spacial score (nSPS) is 14.6. The Morgan fingerprint density at radius 3 is 2.41 bits per heavy atom. The average molecular weight is 587 g/mol. The number of anilines is 1. The molecule has 0 aromatic heterocycles.